The van der Waals surface area contributed by atoms with Gasteiger partial charge < -0.3 is 20.2 Å². The van der Waals surface area contributed by atoms with Crippen LogP contribution in [0.1, 0.15) is 83.9 Å². The first-order valence-electron chi connectivity index (χ1n) is 14.3. The van der Waals surface area contributed by atoms with E-state index in [-0.39, 0.29) is 18.2 Å². The highest BCUT2D eigenvalue weighted by molar-refractivity contribution is 6.47. The number of nitrogens with two attached hydrogens (primary N) is 1. The minimum absolute atomic E-state index is 0.0103. The molecule has 2 N–H and O–H groups in total. The summed E-state index contributed by atoms with van der Waals surface area (Å²) in [6.45, 7) is 12.8. The zero-order valence-corrected chi connectivity index (χ0v) is 25.2. The number of carbonyl (C=O) groups is 1. The van der Waals surface area contributed by atoms with Crippen LogP contribution < -0.4 is 10.6 Å². The highest BCUT2D eigenvalue weighted by atomic mass is 16.6. The van der Waals surface area contributed by atoms with Gasteiger partial charge in [-0.3, -0.25) is 14.4 Å². The summed E-state index contributed by atoms with van der Waals surface area (Å²) < 4.78 is 13.8. The predicted octanol–water partition coefficient (Wildman–Crippen LogP) is 5.29. The number of carbonyl (C=O) groups excluding carboxylic acids is 1. The molecule has 0 spiro atoms. The van der Waals surface area contributed by atoms with Crippen molar-refractivity contribution in [1.29, 1.82) is 5.26 Å². The van der Waals surface area contributed by atoms with Gasteiger partial charge in [0.1, 0.15) is 34.8 Å². The van der Waals surface area contributed by atoms with E-state index in [1.165, 1.54) is 6.20 Å². The number of nitriles is 1. The number of nitrogens with zero attached hydrogens (tertiary/aromatic N) is 7. The van der Waals surface area contributed by atoms with Crippen LogP contribution in [0.3, 0.4) is 0 Å². The van der Waals surface area contributed by atoms with Crippen molar-refractivity contribution >= 4 is 23.2 Å². The van der Waals surface area contributed by atoms with Crippen LogP contribution in [0, 0.1) is 17.2 Å². The van der Waals surface area contributed by atoms with Gasteiger partial charge in [-0.05, 0) is 71.1 Å². The summed E-state index contributed by atoms with van der Waals surface area (Å²) in [6, 6.07) is 11.6. The summed E-state index contributed by atoms with van der Waals surface area (Å²) >= 11 is 0. The Morgan fingerprint density at radius 2 is 1.95 bits per heavy atom. The largest absolute Gasteiger partial charge is 0.469 e. The van der Waals surface area contributed by atoms with Gasteiger partial charge in [-0.2, -0.15) is 10.4 Å². The third-order valence-electron chi connectivity index (χ3n) is 6.89. The summed E-state index contributed by atoms with van der Waals surface area (Å²) in [5.41, 5.74) is 2.98. The van der Waals surface area contributed by atoms with Crippen LogP contribution >= 0.6 is 0 Å². The minimum atomic E-state index is -0.534. The maximum atomic E-state index is 12.5. The first-order chi connectivity index (χ1) is 20.0. The number of hydrogen-bond acceptors (Lipinski definition) is 9. The van der Waals surface area contributed by atoms with E-state index in [2.05, 4.69) is 35.0 Å². The molecule has 1 unspecified atom stereocenters. The van der Waals surface area contributed by atoms with E-state index in [1.54, 1.807) is 15.5 Å². The molecule has 4 heterocycles. The summed E-state index contributed by atoms with van der Waals surface area (Å²) in [5, 5.41) is 13.9. The molecule has 4 rings (SSSR count). The first kappa shape index (κ1) is 30.5. The molecule has 1 amide bonds. The molecule has 11 heteroatoms. The van der Waals surface area contributed by atoms with Crippen molar-refractivity contribution < 1.29 is 14.3 Å². The topological polar surface area (TPSA) is 143 Å². The second-order valence-electron chi connectivity index (χ2n) is 11.9. The Bertz CT molecular complexity index is 1490. The average molecular weight is 573 g/mol. The van der Waals surface area contributed by atoms with Gasteiger partial charge in [0.05, 0.1) is 23.6 Å². The maximum absolute atomic E-state index is 12.5. The molecule has 0 aromatic carbocycles. The molecule has 0 aliphatic carbocycles. The smallest absolute Gasteiger partial charge is 0.410 e. The molecule has 1 aliphatic heterocycles. The van der Waals surface area contributed by atoms with Gasteiger partial charge >= 0.3 is 6.09 Å². The molecular weight excluding hydrogens is 532 g/mol. The number of likely N-dealkylation sites (tertiary alicyclic amines) is 1. The van der Waals surface area contributed by atoms with Gasteiger partial charge in [0.15, 0.2) is 0 Å². The lowest BCUT2D eigenvalue weighted by Gasteiger charge is -2.32. The van der Waals surface area contributed by atoms with E-state index >= 15 is 0 Å². The lowest BCUT2D eigenvalue weighted by atomic mass is 10.0. The van der Waals surface area contributed by atoms with Crippen LogP contribution in [0.15, 0.2) is 52.8 Å². The zero-order chi connectivity index (χ0) is 30.4. The number of pyridine rings is 2. The van der Waals surface area contributed by atoms with Crippen LogP contribution in [-0.2, 0) is 4.74 Å². The number of hydrazone groups is 1. The number of fused-ring (bicyclic) bond motifs is 1. The molecule has 42 heavy (non-hydrogen) atoms. The molecule has 0 bridgehead atoms. The lowest BCUT2D eigenvalue weighted by molar-refractivity contribution is 0.0207. The normalized spacial score (nSPS) is 16.0. The molecule has 11 nitrogen and oxygen atoms in total. The maximum Gasteiger partial charge on any atom is 0.410 e. The number of rotatable bonds is 8. The molecule has 0 radical (unpaired) electrons. The SMILES string of the molecule is CC(=NC1CCN(C(=O)OC(C)(C)C)CC1)/C(=N\N)c1cc(OC(CC(C)C)c2ccccn2)n2c(C#N)cnc2c1. The van der Waals surface area contributed by atoms with Crippen LogP contribution in [0.4, 0.5) is 4.79 Å². The lowest BCUT2D eigenvalue weighted by Crippen LogP contribution is -2.42. The number of amides is 1. The number of piperidine rings is 1. The second kappa shape index (κ2) is 13.0. The molecule has 1 saturated heterocycles. The van der Waals surface area contributed by atoms with Gasteiger partial charge in [0.25, 0.3) is 0 Å². The zero-order valence-electron chi connectivity index (χ0n) is 25.2. The van der Waals surface area contributed by atoms with Crippen molar-refractivity contribution in [1.82, 2.24) is 19.3 Å². The Labute approximate surface area is 247 Å². The Morgan fingerprint density at radius 3 is 2.55 bits per heavy atom. The molecular formula is C31H40N8O3. The molecule has 222 valence electrons. The Morgan fingerprint density at radius 1 is 1.21 bits per heavy atom. The van der Waals surface area contributed by atoms with Crippen LogP contribution in [-0.4, -0.2) is 61.5 Å². The minimum Gasteiger partial charge on any atom is -0.469 e. The van der Waals surface area contributed by atoms with E-state index < -0.39 is 5.60 Å². The quantitative estimate of drug-likeness (QED) is 0.219. The molecule has 1 aliphatic rings. The fourth-order valence-electron chi connectivity index (χ4n) is 4.97. The highest BCUT2D eigenvalue weighted by Crippen LogP contribution is 2.29. The second-order valence-corrected chi connectivity index (χ2v) is 11.9. The van der Waals surface area contributed by atoms with Crippen molar-refractivity contribution in [2.24, 2.45) is 21.9 Å². The standard InChI is InChI=1S/C31H40N8O3/c1-20(2)15-26(25-9-7-8-12-34-25)41-28-17-22(16-27-35-19-24(18-32)39(27)28)29(37-33)21(3)36-23-10-13-38(14-11-23)30(40)42-31(4,5)6/h7-9,12,16-17,19-20,23,26H,10-11,13-15,33H2,1-6H3/b36-21?,37-29+. The number of hydrogen-bond donors (Lipinski definition) is 1. The van der Waals surface area contributed by atoms with Crippen molar-refractivity contribution in [2.45, 2.75) is 78.6 Å². The van der Waals surface area contributed by atoms with Crippen LogP contribution in [0.25, 0.3) is 5.65 Å². The van der Waals surface area contributed by atoms with Crippen LogP contribution in [0.2, 0.25) is 0 Å². The van der Waals surface area contributed by atoms with Crippen LogP contribution in [0.5, 0.6) is 5.88 Å². The van der Waals surface area contributed by atoms with Gasteiger partial charge in [-0.25, -0.2) is 9.78 Å². The predicted molar refractivity (Wildman–Crippen MR) is 162 cm³/mol. The van der Waals surface area contributed by atoms with Crippen molar-refractivity contribution in [2.75, 3.05) is 13.1 Å². The van der Waals surface area contributed by atoms with Gasteiger partial charge in [0.2, 0.25) is 5.88 Å². The van der Waals surface area contributed by atoms with E-state index in [9.17, 15) is 10.1 Å². The van der Waals surface area contributed by atoms with E-state index in [1.807, 2.05) is 58.0 Å². The highest BCUT2D eigenvalue weighted by Gasteiger charge is 2.27. The molecule has 1 atom stereocenters. The number of aliphatic imine (C=N–C) groups is 1. The Hall–Kier alpha value is -4.46. The fraction of sp³-hybridized carbons (Fsp3) is 0.484. The van der Waals surface area contributed by atoms with Crippen molar-refractivity contribution in [3.05, 3.63) is 59.7 Å². The molecule has 3 aromatic rings. The molecule has 3 aromatic heterocycles. The van der Waals surface area contributed by atoms with E-state index in [0.717, 1.165) is 12.1 Å². The van der Waals surface area contributed by atoms with Crippen molar-refractivity contribution in [3.63, 3.8) is 0 Å². The summed E-state index contributed by atoms with van der Waals surface area (Å²) in [7, 11) is 0. The van der Waals surface area contributed by atoms with Gasteiger partial charge in [-0.15, -0.1) is 0 Å². The Balaban J connectivity index is 1.61. The van der Waals surface area contributed by atoms with E-state index in [4.69, 9.17) is 20.3 Å². The monoisotopic (exact) mass is 572 g/mol. The summed E-state index contributed by atoms with van der Waals surface area (Å²) in [6.07, 6.45) is 4.74. The third kappa shape index (κ3) is 7.43. The number of aromatic nitrogens is 3. The average Bonchev–Trinajstić information content (AvgIpc) is 3.36. The van der Waals surface area contributed by atoms with Gasteiger partial charge in [-0.1, -0.05) is 19.9 Å². The molecule has 0 saturated carbocycles. The third-order valence-corrected chi connectivity index (χ3v) is 6.89. The Kier molecular flexibility index (Phi) is 9.45. The van der Waals surface area contributed by atoms with E-state index in [0.29, 0.717) is 66.1 Å². The summed E-state index contributed by atoms with van der Waals surface area (Å²) in [5.74, 6) is 6.70. The van der Waals surface area contributed by atoms with Crippen molar-refractivity contribution in [3.8, 4) is 11.9 Å². The molecule has 1 fully saturated rings. The summed E-state index contributed by atoms with van der Waals surface area (Å²) in [4.78, 5) is 28.1. The first-order valence-corrected chi connectivity index (χ1v) is 14.3. The number of imidazole rings is 1. The number of ether oxygens (including phenoxy) is 2. The van der Waals surface area contributed by atoms with Gasteiger partial charge in [0, 0.05) is 30.9 Å². The fourth-order valence-corrected chi connectivity index (χ4v) is 4.97.